The molecule has 0 atom stereocenters. The lowest BCUT2D eigenvalue weighted by Crippen LogP contribution is -2.12. The van der Waals surface area contributed by atoms with Gasteiger partial charge in [0.1, 0.15) is 11.6 Å². The Morgan fingerprint density at radius 1 is 1.39 bits per heavy atom. The summed E-state index contributed by atoms with van der Waals surface area (Å²) in [6, 6.07) is 5.71. The van der Waals surface area contributed by atoms with Crippen LogP contribution in [0.5, 0.6) is 11.5 Å². The molecule has 0 spiro atoms. The zero-order valence-electron chi connectivity index (χ0n) is 10.0. The van der Waals surface area contributed by atoms with Gasteiger partial charge in [0.15, 0.2) is 11.5 Å². The van der Waals surface area contributed by atoms with E-state index in [1.165, 1.54) is 24.3 Å². The molecular formula is C13H13NO4. The fourth-order valence-corrected chi connectivity index (χ4v) is 1.21. The van der Waals surface area contributed by atoms with Crippen molar-refractivity contribution >= 4 is 12.0 Å². The lowest BCUT2D eigenvalue weighted by molar-refractivity contribution is -0.142. The maximum absolute atomic E-state index is 11.5. The number of phenols is 2. The Bertz CT molecular complexity index is 526. The van der Waals surface area contributed by atoms with Crippen LogP contribution in [0.25, 0.3) is 6.08 Å². The van der Waals surface area contributed by atoms with Gasteiger partial charge >= 0.3 is 5.97 Å². The van der Waals surface area contributed by atoms with Crippen molar-refractivity contribution in [2.24, 2.45) is 0 Å². The molecule has 0 aliphatic rings. The van der Waals surface area contributed by atoms with Gasteiger partial charge in [0.05, 0.1) is 6.10 Å². The van der Waals surface area contributed by atoms with E-state index in [0.717, 1.165) is 0 Å². The van der Waals surface area contributed by atoms with E-state index in [9.17, 15) is 9.90 Å². The van der Waals surface area contributed by atoms with E-state index in [0.29, 0.717) is 5.56 Å². The second-order valence-electron chi connectivity index (χ2n) is 3.87. The number of phenolic OH excluding ortho intramolecular Hbond substituents is 2. The van der Waals surface area contributed by atoms with E-state index in [4.69, 9.17) is 15.1 Å². The van der Waals surface area contributed by atoms with Crippen molar-refractivity contribution in [3.05, 3.63) is 29.3 Å². The van der Waals surface area contributed by atoms with Gasteiger partial charge in [-0.15, -0.1) is 0 Å². The van der Waals surface area contributed by atoms with E-state index < -0.39 is 5.97 Å². The van der Waals surface area contributed by atoms with Gasteiger partial charge in [-0.3, -0.25) is 0 Å². The van der Waals surface area contributed by atoms with E-state index >= 15 is 0 Å². The van der Waals surface area contributed by atoms with Crippen LogP contribution in [0, 0.1) is 11.3 Å². The summed E-state index contributed by atoms with van der Waals surface area (Å²) >= 11 is 0. The van der Waals surface area contributed by atoms with Gasteiger partial charge in [-0.2, -0.15) is 5.26 Å². The number of nitriles is 1. The first-order valence-electron chi connectivity index (χ1n) is 5.28. The van der Waals surface area contributed by atoms with Gasteiger partial charge in [0, 0.05) is 0 Å². The zero-order chi connectivity index (χ0) is 13.7. The quantitative estimate of drug-likeness (QED) is 0.369. The molecule has 18 heavy (non-hydrogen) atoms. The van der Waals surface area contributed by atoms with Gasteiger partial charge in [0.25, 0.3) is 0 Å². The molecule has 0 fully saturated rings. The highest BCUT2D eigenvalue weighted by Gasteiger charge is 2.12. The van der Waals surface area contributed by atoms with Gasteiger partial charge < -0.3 is 14.9 Å². The molecule has 2 N–H and O–H groups in total. The summed E-state index contributed by atoms with van der Waals surface area (Å²) in [5.41, 5.74) is 0.247. The Labute approximate surface area is 105 Å². The van der Waals surface area contributed by atoms with Crippen LogP contribution in [0.15, 0.2) is 23.8 Å². The summed E-state index contributed by atoms with van der Waals surface area (Å²) in [6.45, 7) is 3.36. The van der Waals surface area contributed by atoms with Crippen molar-refractivity contribution in [1.82, 2.24) is 0 Å². The monoisotopic (exact) mass is 247 g/mol. The number of hydrogen-bond acceptors (Lipinski definition) is 5. The predicted octanol–water partition coefficient (Wildman–Crippen LogP) is 1.96. The zero-order valence-corrected chi connectivity index (χ0v) is 10.0. The number of ether oxygens (including phenoxy) is 1. The average molecular weight is 247 g/mol. The largest absolute Gasteiger partial charge is 0.504 e. The Hall–Kier alpha value is -2.48. The highest BCUT2D eigenvalue weighted by Crippen LogP contribution is 2.25. The SMILES string of the molecule is CC(C)OC(=O)C(C#N)=Cc1ccc(O)c(O)c1. The summed E-state index contributed by atoms with van der Waals surface area (Å²) < 4.78 is 4.89. The molecule has 0 heterocycles. The maximum atomic E-state index is 11.5. The van der Waals surface area contributed by atoms with Crippen LogP contribution in [0.1, 0.15) is 19.4 Å². The molecule has 0 aromatic heterocycles. The molecule has 0 saturated heterocycles. The van der Waals surface area contributed by atoms with Crippen LogP contribution in [0.4, 0.5) is 0 Å². The van der Waals surface area contributed by atoms with Crippen LogP contribution in [-0.2, 0) is 9.53 Å². The molecule has 0 bridgehead atoms. The molecule has 1 aromatic rings. The summed E-state index contributed by atoms with van der Waals surface area (Å²) in [5, 5.41) is 27.3. The molecule has 1 rings (SSSR count). The van der Waals surface area contributed by atoms with Crippen LogP contribution >= 0.6 is 0 Å². The molecule has 0 saturated carbocycles. The summed E-state index contributed by atoms with van der Waals surface area (Å²) in [6.07, 6.45) is 0.964. The Morgan fingerprint density at radius 3 is 2.56 bits per heavy atom. The summed E-state index contributed by atoms with van der Waals surface area (Å²) in [5.74, 6) is -1.31. The lowest BCUT2D eigenvalue weighted by atomic mass is 10.1. The minimum atomic E-state index is -0.722. The molecule has 5 nitrogen and oxygen atoms in total. The van der Waals surface area contributed by atoms with E-state index in [-0.39, 0.29) is 23.2 Å². The molecule has 0 aliphatic heterocycles. The first-order chi connectivity index (χ1) is 8.43. The topological polar surface area (TPSA) is 90.6 Å². The number of carbonyl (C=O) groups is 1. The van der Waals surface area contributed by atoms with Crippen molar-refractivity contribution in [1.29, 1.82) is 5.26 Å². The van der Waals surface area contributed by atoms with Crippen molar-refractivity contribution in [2.75, 3.05) is 0 Å². The molecule has 0 unspecified atom stereocenters. The maximum Gasteiger partial charge on any atom is 0.349 e. The van der Waals surface area contributed by atoms with Crippen molar-refractivity contribution in [2.45, 2.75) is 20.0 Å². The van der Waals surface area contributed by atoms with Crippen LogP contribution in [-0.4, -0.2) is 22.3 Å². The standard InChI is InChI=1S/C13H13NO4/c1-8(2)18-13(17)10(7-14)5-9-3-4-11(15)12(16)6-9/h3-6,8,15-16H,1-2H3. The molecule has 0 radical (unpaired) electrons. The Kier molecular flexibility index (Phi) is 4.33. The smallest absolute Gasteiger partial charge is 0.349 e. The second kappa shape index (κ2) is 5.73. The molecule has 94 valence electrons. The minimum Gasteiger partial charge on any atom is -0.504 e. The van der Waals surface area contributed by atoms with E-state index in [2.05, 4.69) is 0 Å². The summed E-state index contributed by atoms with van der Waals surface area (Å²) in [4.78, 5) is 11.5. The predicted molar refractivity (Wildman–Crippen MR) is 64.6 cm³/mol. The fraction of sp³-hybridized carbons (Fsp3) is 0.231. The molecule has 0 aliphatic carbocycles. The van der Waals surface area contributed by atoms with Crippen molar-refractivity contribution < 1.29 is 19.7 Å². The molecule has 1 aromatic carbocycles. The van der Waals surface area contributed by atoms with Crippen LogP contribution in [0.2, 0.25) is 0 Å². The van der Waals surface area contributed by atoms with Gasteiger partial charge in [-0.25, -0.2) is 4.79 Å². The number of benzene rings is 1. The number of nitrogens with zero attached hydrogens (tertiary/aromatic N) is 1. The fourth-order valence-electron chi connectivity index (χ4n) is 1.21. The van der Waals surface area contributed by atoms with Gasteiger partial charge in [0.2, 0.25) is 0 Å². The molecule has 0 amide bonds. The molecule has 5 heteroatoms. The highest BCUT2D eigenvalue weighted by molar-refractivity contribution is 5.98. The number of hydrogen-bond donors (Lipinski definition) is 2. The minimum absolute atomic E-state index is 0.172. The van der Waals surface area contributed by atoms with Gasteiger partial charge in [-0.1, -0.05) is 6.07 Å². The normalized spacial score (nSPS) is 11.1. The van der Waals surface area contributed by atoms with Gasteiger partial charge in [-0.05, 0) is 37.6 Å². The lowest BCUT2D eigenvalue weighted by Gasteiger charge is -2.06. The first-order valence-corrected chi connectivity index (χ1v) is 5.28. The summed E-state index contributed by atoms with van der Waals surface area (Å²) in [7, 11) is 0. The van der Waals surface area contributed by atoms with Crippen LogP contribution < -0.4 is 0 Å². The number of carbonyl (C=O) groups excluding carboxylic acids is 1. The number of aromatic hydroxyl groups is 2. The van der Waals surface area contributed by atoms with E-state index in [1.54, 1.807) is 19.9 Å². The van der Waals surface area contributed by atoms with Crippen molar-refractivity contribution in [3.63, 3.8) is 0 Å². The molecular weight excluding hydrogens is 234 g/mol. The van der Waals surface area contributed by atoms with E-state index in [1.807, 2.05) is 0 Å². The number of rotatable bonds is 3. The van der Waals surface area contributed by atoms with Crippen molar-refractivity contribution in [3.8, 4) is 17.6 Å². The second-order valence-corrected chi connectivity index (χ2v) is 3.87. The Balaban J connectivity index is 3.01. The number of esters is 1. The average Bonchev–Trinajstić information content (AvgIpc) is 2.29. The third-order valence-electron chi connectivity index (χ3n) is 1.99. The first kappa shape index (κ1) is 13.6. The van der Waals surface area contributed by atoms with Crippen LogP contribution in [0.3, 0.4) is 0 Å². The third kappa shape index (κ3) is 3.52. The highest BCUT2D eigenvalue weighted by atomic mass is 16.5. The Morgan fingerprint density at radius 2 is 2.06 bits per heavy atom. The third-order valence-corrected chi connectivity index (χ3v) is 1.99.